The molecule has 1 aliphatic heterocycles. The van der Waals surface area contributed by atoms with Gasteiger partial charge in [0.1, 0.15) is 21.6 Å². The van der Waals surface area contributed by atoms with Crippen LogP contribution in [0, 0.1) is 0 Å². The smallest absolute Gasteiger partial charge is 0.229 e. The fourth-order valence-electron chi connectivity index (χ4n) is 2.83. The van der Waals surface area contributed by atoms with Gasteiger partial charge in [0.15, 0.2) is 11.4 Å². The van der Waals surface area contributed by atoms with Gasteiger partial charge in [0.05, 0.1) is 24.8 Å². The molecule has 1 unspecified atom stereocenters. The van der Waals surface area contributed by atoms with Gasteiger partial charge in [0.2, 0.25) is 11.0 Å². The Morgan fingerprint density at radius 1 is 1.29 bits per heavy atom. The molecule has 1 aliphatic rings. The predicted octanol–water partition coefficient (Wildman–Crippen LogP) is 3.14. The normalized spacial score (nSPS) is 17.1. The number of morpholine rings is 1. The predicted molar refractivity (Wildman–Crippen MR) is 111 cm³/mol. The number of pyridine rings is 1. The van der Waals surface area contributed by atoms with E-state index in [-0.39, 0.29) is 5.28 Å². The Balaban J connectivity index is 1.78. The van der Waals surface area contributed by atoms with Gasteiger partial charge in [-0.3, -0.25) is 0 Å². The molecule has 0 spiro atoms. The van der Waals surface area contributed by atoms with E-state index in [0.29, 0.717) is 59.9 Å². The lowest BCUT2D eigenvalue weighted by Crippen LogP contribution is -2.36. The van der Waals surface area contributed by atoms with E-state index >= 15 is 0 Å². The number of hydrogen-bond acceptors (Lipinski definition) is 8. The summed E-state index contributed by atoms with van der Waals surface area (Å²) in [6, 6.07) is 1.85. The Kier molecular flexibility index (Phi) is 5.17. The Bertz CT molecular complexity index is 1040. The molecule has 1 atom stereocenters. The summed E-state index contributed by atoms with van der Waals surface area (Å²) in [7, 11) is 0. The molecule has 0 bridgehead atoms. The lowest BCUT2D eigenvalue weighted by molar-refractivity contribution is 0.122. The van der Waals surface area contributed by atoms with E-state index in [1.807, 2.05) is 26.8 Å². The second kappa shape index (κ2) is 7.47. The van der Waals surface area contributed by atoms with E-state index in [0.717, 1.165) is 0 Å². The zero-order valence-electron chi connectivity index (χ0n) is 15.8. The summed E-state index contributed by atoms with van der Waals surface area (Å²) in [6.07, 6.45) is 3.18. The third kappa shape index (κ3) is 3.80. The average molecular weight is 422 g/mol. The standard InChI is InChI=1S/C18H20ClN5O3S/c1-18(2,3)28(25)21-10-11-8-12-13-14(27-16(12)20-9-11)15(23-17(19)22-13)24-4-6-26-7-5-24/h8-10H,4-7H2,1-3H3/b21-10+. The maximum atomic E-state index is 12.1. The fourth-order valence-corrected chi connectivity index (χ4v) is 3.53. The second-order valence-corrected chi connectivity index (χ2v) is 9.68. The van der Waals surface area contributed by atoms with Gasteiger partial charge < -0.3 is 18.6 Å². The van der Waals surface area contributed by atoms with Crippen molar-refractivity contribution in [3.8, 4) is 0 Å². The van der Waals surface area contributed by atoms with E-state index in [1.54, 1.807) is 12.4 Å². The molecule has 0 amide bonds. The van der Waals surface area contributed by atoms with Gasteiger partial charge in [-0.1, -0.05) is 4.40 Å². The Labute approximate surface area is 170 Å². The zero-order chi connectivity index (χ0) is 19.9. The van der Waals surface area contributed by atoms with E-state index in [2.05, 4.69) is 24.2 Å². The van der Waals surface area contributed by atoms with Crippen LogP contribution in [0.3, 0.4) is 0 Å². The van der Waals surface area contributed by atoms with Gasteiger partial charge in [-0.05, 0) is 38.4 Å². The van der Waals surface area contributed by atoms with Gasteiger partial charge in [-0.25, -0.2) is 9.97 Å². The van der Waals surface area contributed by atoms with Crippen molar-refractivity contribution in [3.63, 3.8) is 0 Å². The van der Waals surface area contributed by atoms with Crippen LogP contribution in [-0.2, 0) is 16.1 Å². The lowest BCUT2D eigenvalue weighted by Gasteiger charge is -2.27. The molecule has 3 aromatic heterocycles. The lowest BCUT2D eigenvalue weighted by atomic mass is 10.2. The van der Waals surface area contributed by atoms with Crippen molar-refractivity contribution in [1.82, 2.24) is 15.0 Å². The van der Waals surface area contributed by atoms with Crippen LogP contribution >= 0.6 is 11.6 Å². The van der Waals surface area contributed by atoms with Crippen molar-refractivity contribution in [2.45, 2.75) is 25.5 Å². The third-order valence-corrected chi connectivity index (χ3v) is 5.79. The maximum absolute atomic E-state index is 12.1. The summed E-state index contributed by atoms with van der Waals surface area (Å²) < 4.78 is 27.2. The van der Waals surface area contributed by atoms with Crippen molar-refractivity contribution < 1.29 is 13.7 Å². The number of hydrogen-bond donors (Lipinski definition) is 0. The van der Waals surface area contributed by atoms with Gasteiger partial charge >= 0.3 is 0 Å². The number of fused-ring (bicyclic) bond motifs is 3. The second-order valence-electron chi connectivity index (χ2n) is 7.41. The molecule has 0 aromatic carbocycles. The fraction of sp³-hybridized carbons (Fsp3) is 0.444. The molecule has 10 heteroatoms. The Morgan fingerprint density at radius 3 is 2.75 bits per heavy atom. The highest BCUT2D eigenvalue weighted by atomic mass is 35.5. The van der Waals surface area contributed by atoms with E-state index in [4.69, 9.17) is 20.8 Å². The molecular formula is C18H20ClN5O3S. The van der Waals surface area contributed by atoms with Gasteiger partial charge in [0, 0.05) is 24.8 Å². The first-order valence-corrected chi connectivity index (χ1v) is 10.4. The molecule has 148 valence electrons. The summed E-state index contributed by atoms with van der Waals surface area (Å²) in [5.74, 6) is 0.639. The average Bonchev–Trinajstić information content (AvgIpc) is 3.03. The highest BCUT2D eigenvalue weighted by Crippen LogP contribution is 2.33. The first kappa shape index (κ1) is 19.4. The first-order valence-electron chi connectivity index (χ1n) is 8.87. The van der Waals surface area contributed by atoms with Crippen molar-refractivity contribution in [1.29, 1.82) is 0 Å². The number of ether oxygens (including phenoxy) is 1. The molecule has 28 heavy (non-hydrogen) atoms. The molecule has 0 N–H and O–H groups in total. The van der Waals surface area contributed by atoms with Gasteiger partial charge in [-0.15, -0.1) is 0 Å². The number of rotatable bonds is 3. The first-order chi connectivity index (χ1) is 13.3. The zero-order valence-corrected chi connectivity index (χ0v) is 17.4. The highest BCUT2D eigenvalue weighted by Gasteiger charge is 2.26. The van der Waals surface area contributed by atoms with E-state index in [1.165, 1.54) is 0 Å². The number of nitrogens with zero attached hydrogens (tertiary/aromatic N) is 5. The van der Waals surface area contributed by atoms with Crippen molar-refractivity contribution in [3.05, 3.63) is 23.1 Å². The van der Waals surface area contributed by atoms with E-state index in [9.17, 15) is 4.55 Å². The van der Waals surface area contributed by atoms with Crippen LogP contribution < -0.4 is 4.90 Å². The molecule has 1 saturated heterocycles. The van der Waals surface area contributed by atoms with Gasteiger partial charge in [0.25, 0.3) is 0 Å². The van der Waals surface area contributed by atoms with Crippen LogP contribution in [0.2, 0.25) is 5.28 Å². The van der Waals surface area contributed by atoms with Crippen LogP contribution in [0.1, 0.15) is 26.3 Å². The minimum atomic E-state index is -1.35. The molecule has 1 fully saturated rings. The number of anilines is 1. The third-order valence-electron chi connectivity index (χ3n) is 4.28. The largest absolute Gasteiger partial charge is 0.591 e. The maximum Gasteiger partial charge on any atom is 0.229 e. The van der Waals surface area contributed by atoms with Crippen molar-refractivity contribution >= 4 is 57.2 Å². The van der Waals surface area contributed by atoms with Crippen LogP contribution in [-0.4, -0.2) is 56.8 Å². The van der Waals surface area contributed by atoms with Crippen molar-refractivity contribution in [2.75, 3.05) is 31.2 Å². The summed E-state index contributed by atoms with van der Waals surface area (Å²) in [5, 5.41) is 0.851. The van der Waals surface area contributed by atoms with Crippen LogP contribution in [0.5, 0.6) is 0 Å². The van der Waals surface area contributed by atoms with Crippen LogP contribution in [0.4, 0.5) is 5.82 Å². The molecular weight excluding hydrogens is 402 g/mol. The molecule has 4 rings (SSSR count). The monoisotopic (exact) mass is 421 g/mol. The summed E-state index contributed by atoms with van der Waals surface area (Å²) in [4.78, 5) is 15.1. The molecule has 0 radical (unpaired) electrons. The number of halogens is 1. The number of furan rings is 1. The quantitative estimate of drug-likeness (QED) is 0.363. The Hall–Kier alpha value is -1.94. The molecule has 0 aliphatic carbocycles. The summed E-state index contributed by atoms with van der Waals surface area (Å²) in [5.41, 5.74) is 2.28. The van der Waals surface area contributed by atoms with Gasteiger partial charge in [-0.2, -0.15) is 4.98 Å². The minimum Gasteiger partial charge on any atom is -0.591 e. The van der Waals surface area contributed by atoms with E-state index < -0.39 is 16.1 Å². The van der Waals surface area contributed by atoms with Crippen LogP contribution in [0.25, 0.3) is 22.2 Å². The van der Waals surface area contributed by atoms with Crippen molar-refractivity contribution in [2.24, 2.45) is 4.40 Å². The topological polar surface area (TPSA) is 99.7 Å². The highest BCUT2D eigenvalue weighted by molar-refractivity contribution is 7.91. The SMILES string of the molecule is CC(C)(C)[S+]([O-])/N=C/c1cnc2oc3c(N4CCOCC4)nc(Cl)nc3c2c1. The Morgan fingerprint density at radius 2 is 2.04 bits per heavy atom. The minimum absolute atomic E-state index is 0.143. The molecule has 0 saturated carbocycles. The molecule has 8 nitrogen and oxygen atoms in total. The molecule has 4 heterocycles. The summed E-state index contributed by atoms with van der Waals surface area (Å²) in [6.45, 7) is 8.25. The summed E-state index contributed by atoms with van der Waals surface area (Å²) >= 11 is 4.84. The molecule has 3 aromatic rings. The van der Waals surface area contributed by atoms with Crippen LogP contribution in [0.15, 0.2) is 21.1 Å². The number of aromatic nitrogens is 3.